The zero-order valence-electron chi connectivity index (χ0n) is 16.1. The van der Waals surface area contributed by atoms with Crippen LogP contribution in [0.25, 0.3) is 5.69 Å². The van der Waals surface area contributed by atoms with Crippen molar-refractivity contribution in [2.45, 2.75) is 13.8 Å². The summed E-state index contributed by atoms with van der Waals surface area (Å²) in [6.07, 6.45) is 1.72. The third-order valence-corrected chi connectivity index (χ3v) is 4.38. The molecule has 4 rings (SSSR count). The third kappa shape index (κ3) is 4.06. The highest BCUT2D eigenvalue weighted by molar-refractivity contribution is 6.04. The number of fused-ring (bicyclic) bond motifs is 1. The summed E-state index contributed by atoms with van der Waals surface area (Å²) in [7, 11) is 0. The third-order valence-electron chi connectivity index (χ3n) is 4.38. The maximum Gasteiger partial charge on any atom is 0.255 e. The molecule has 2 aromatic carbocycles. The summed E-state index contributed by atoms with van der Waals surface area (Å²) in [5.41, 5.74) is 3.12. The van der Waals surface area contributed by atoms with Crippen LogP contribution in [0.5, 0.6) is 11.5 Å². The molecule has 0 unspecified atom stereocenters. The van der Waals surface area contributed by atoms with Crippen LogP contribution < -0.4 is 20.1 Å². The predicted molar refractivity (Wildman–Crippen MR) is 108 cm³/mol. The van der Waals surface area contributed by atoms with Crippen molar-refractivity contribution in [2.75, 3.05) is 23.8 Å². The van der Waals surface area contributed by atoms with Gasteiger partial charge in [0.25, 0.3) is 5.91 Å². The molecule has 148 valence electrons. The lowest BCUT2D eigenvalue weighted by molar-refractivity contribution is -0.114. The minimum atomic E-state index is -0.255. The second-order valence-corrected chi connectivity index (χ2v) is 6.62. The molecule has 2 heterocycles. The van der Waals surface area contributed by atoms with Crippen molar-refractivity contribution in [2.24, 2.45) is 0 Å². The van der Waals surface area contributed by atoms with Crippen LogP contribution in [-0.2, 0) is 4.79 Å². The molecule has 0 saturated carbocycles. The standard InChI is InChI=1S/C21H20N4O4/c1-13-18(22-14(2)26)12-25(24-13)17-5-3-4-15(10-17)21(27)23-16-6-7-19-20(11-16)29-9-8-28-19/h3-7,10-12H,8-9H2,1-2H3,(H,22,26)(H,23,27). The van der Waals surface area contributed by atoms with E-state index >= 15 is 0 Å². The zero-order valence-corrected chi connectivity index (χ0v) is 16.1. The van der Waals surface area contributed by atoms with Crippen molar-refractivity contribution < 1.29 is 19.1 Å². The predicted octanol–water partition coefficient (Wildman–Crippen LogP) is 3.16. The first kappa shape index (κ1) is 18.5. The smallest absolute Gasteiger partial charge is 0.255 e. The number of nitrogens with zero attached hydrogens (tertiary/aromatic N) is 2. The number of benzene rings is 2. The molecule has 0 aliphatic carbocycles. The molecular formula is C21H20N4O4. The lowest BCUT2D eigenvalue weighted by atomic mass is 10.1. The van der Waals surface area contributed by atoms with Gasteiger partial charge in [0.05, 0.1) is 23.3 Å². The Bertz CT molecular complexity index is 1090. The highest BCUT2D eigenvalue weighted by Crippen LogP contribution is 2.32. The Kier molecular flexibility index (Phi) is 4.90. The van der Waals surface area contributed by atoms with Gasteiger partial charge in [-0.15, -0.1) is 0 Å². The molecular weight excluding hydrogens is 372 g/mol. The summed E-state index contributed by atoms with van der Waals surface area (Å²) < 4.78 is 12.7. The number of carbonyl (C=O) groups excluding carboxylic acids is 2. The van der Waals surface area contributed by atoms with Crippen LogP contribution in [0.3, 0.4) is 0 Å². The normalized spacial score (nSPS) is 12.3. The number of amides is 2. The summed E-state index contributed by atoms with van der Waals surface area (Å²) in [6.45, 7) is 4.25. The fourth-order valence-electron chi connectivity index (χ4n) is 3.02. The van der Waals surface area contributed by atoms with Gasteiger partial charge in [0.1, 0.15) is 13.2 Å². The van der Waals surface area contributed by atoms with Gasteiger partial charge in [-0.1, -0.05) is 6.07 Å². The van der Waals surface area contributed by atoms with Gasteiger partial charge in [0.2, 0.25) is 5.91 Å². The number of aryl methyl sites for hydroxylation is 1. The molecule has 0 atom stereocenters. The average Bonchev–Trinajstić information content (AvgIpc) is 3.08. The van der Waals surface area contributed by atoms with Crippen molar-refractivity contribution in [3.05, 3.63) is 59.9 Å². The maximum absolute atomic E-state index is 12.7. The molecule has 2 N–H and O–H groups in total. The van der Waals surface area contributed by atoms with Crippen LogP contribution in [-0.4, -0.2) is 34.8 Å². The largest absolute Gasteiger partial charge is 0.486 e. The van der Waals surface area contributed by atoms with Gasteiger partial charge in [-0.25, -0.2) is 4.68 Å². The average molecular weight is 392 g/mol. The second-order valence-electron chi connectivity index (χ2n) is 6.62. The quantitative estimate of drug-likeness (QED) is 0.711. The Morgan fingerprint density at radius 1 is 1.03 bits per heavy atom. The number of rotatable bonds is 4. The molecule has 0 fully saturated rings. The van der Waals surface area contributed by atoms with Crippen molar-refractivity contribution >= 4 is 23.2 Å². The second kappa shape index (κ2) is 7.67. The minimum Gasteiger partial charge on any atom is -0.486 e. The zero-order chi connectivity index (χ0) is 20.4. The molecule has 0 spiro atoms. The lowest BCUT2D eigenvalue weighted by Gasteiger charge is -2.19. The number of nitrogens with one attached hydrogen (secondary N) is 2. The van der Waals surface area contributed by atoms with E-state index in [4.69, 9.17) is 9.47 Å². The van der Waals surface area contributed by atoms with Crippen molar-refractivity contribution in [3.63, 3.8) is 0 Å². The lowest BCUT2D eigenvalue weighted by Crippen LogP contribution is -2.16. The van der Waals surface area contributed by atoms with E-state index in [0.29, 0.717) is 53.0 Å². The molecule has 1 aliphatic heterocycles. The van der Waals surface area contributed by atoms with E-state index in [2.05, 4.69) is 15.7 Å². The topological polar surface area (TPSA) is 94.5 Å². The van der Waals surface area contributed by atoms with E-state index in [1.54, 1.807) is 54.2 Å². The maximum atomic E-state index is 12.7. The molecule has 8 heteroatoms. The number of carbonyl (C=O) groups is 2. The molecule has 2 amide bonds. The first-order valence-electron chi connectivity index (χ1n) is 9.15. The first-order chi connectivity index (χ1) is 14.0. The fourth-order valence-corrected chi connectivity index (χ4v) is 3.02. The van der Waals surface area contributed by atoms with E-state index in [9.17, 15) is 9.59 Å². The van der Waals surface area contributed by atoms with Crippen molar-refractivity contribution in [1.29, 1.82) is 0 Å². The van der Waals surface area contributed by atoms with Crippen LogP contribution in [0, 0.1) is 6.92 Å². The summed E-state index contributed by atoms with van der Waals surface area (Å²) >= 11 is 0. The van der Waals surface area contributed by atoms with E-state index in [1.165, 1.54) is 6.92 Å². The van der Waals surface area contributed by atoms with Gasteiger partial charge < -0.3 is 20.1 Å². The molecule has 0 bridgehead atoms. The molecule has 0 radical (unpaired) electrons. The summed E-state index contributed by atoms with van der Waals surface area (Å²) in [4.78, 5) is 24.0. The van der Waals surface area contributed by atoms with Gasteiger partial charge in [0.15, 0.2) is 11.5 Å². The fraction of sp³-hybridized carbons (Fsp3) is 0.190. The molecule has 1 aliphatic rings. The molecule has 0 saturated heterocycles. The molecule has 8 nitrogen and oxygen atoms in total. The Morgan fingerprint density at radius 2 is 1.83 bits per heavy atom. The van der Waals surface area contributed by atoms with Crippen molar-refractivity contribution in [3.8, 4) is 17.2 Å². The summed E-state index contributed by atoms with van der Waals surface area (Å²) in [5.74, 6) is 0.857. The van der Waals surface area contributed by atoms with E-state index in [1.807, 2.05) is 6.07 Å². The number of ether oxygens (including phenoxy) is 2. The van der Waals surface area contributed by atoms with Gasteiger partial charge >= 0.3 is 0 Å². The summed E-state index contributed by atoms with van der Waals surface area (Å²) in [6, 6.07) is 12.4. The van der Waals surface area contributed by atoms with Gasteiger partial charge in [-0.3, -0.25) is 9.59 Å². The highest BCUT2D eigenvalue weighted by Gasteiger charge is 2.14. The van der Waals surface area contributed by atoms with Crippen LogP contribution in [0.1, 0.15) is 23.0 Å². The highest BCUT2D eigenvalue weighted by atomic mass is 16.6. The van der Waals surface area contributed by atoms with Gasteiger partial charge in [0, 0.05) is 24.2 Å². The number of anilines is 2. The van der Waals surface area contributed by atoms with Crippen molar-refractivity contribution in [1.82, 2.24) is 9.78 Å². The van der Waals surface area contributed by atoms with Crippen LogP contribution in [0.15, 0.2) is 48.7 Å². The van der Waals surface area contributed by atoms with Crippen LogP contribution >= 0.6 is 0 Å². The molecule has 3 aromatic rings. The summed E-state index contributed by atoms with van der Waals surface area (Å²) in [5, 5.41) is 10.0. The monoisotopic (exact) mass is 392 g/mol. The Hall–Kier alpha value is -3.81. The first-order valence-corrected chi connectivity index (χ1v) is 9.15. The molecule has 29 heavy (non-hydrogen) atoms. The Labute approximate surface area is 167 Å². The van der Waals surface area contributed by atoms with Gasteiger partial charge in [-0.05, 0) is 37.3 Å². The molecule has 1 aromatic heterocycles. The SMILES string of the molecule is CC(=O)Nc1cn(-c2cccc(C(=O)Nc3ccc4c(c3)OCCO4)c2)nc1C. The number of aromatic nitrogens is 2. The Balaban J connectivity index is 1.54. The van der Waals surface area contributed by atoms with Crippen LogP contribution in [0.4, 0.5) is 11.4 Å². The van der Waals surface area contributed by atoms with Crippen LogP contribution in [0.2, 0.25) is 0 Å². The minimum absolute atomic E-state index is 0.166. The number of hydrogen-bond donors (Lipinski definition) is 2. The van der Waals surface area contributed by atoms with E-state index in [-0.39, 0.29) is 11.8 Å². The Morgan fingerprint density at radius 3 is 2.62 bits per heavy atom. The van der Waals surface area contributed by atoms with E-state index in [0.717, 1.165) is 0 Å². The van der Waals surface area contributed by atoms with E-state index < -0.39 is 0 Å². The number of hydrogen-bond acceptors (Lipinski definition) is 5. The van der Waals surface area contributed by atoms with Gasteiger partial charge in [-0.2, -0.15) is 5.10 Å².